The van der Waals surface area contributed by atoms with Crippen molar-refractivity contribution in [2.75, 3.05) is 19.6 Å². The molecule has 1 aliphatic carbocycles. The number of para-hydroxylation sites is 1. The number of pyridine rings is 1. The number of hydrogen-bond acceptors (Lipinski definition) is 3. The minimum absolute atomic E-state index is 0.0210. The zero-order valence-corrected chi connectivity index (χ0v) is 16.7. The van der Waals surface area contributed by atoms with Gasteiger partial charge in [0.15, 0.2) is 0 Å². The van der Waals surface area contributed by atoms with Crippen molar-refractivity contribution in [3.05, 3.63) is 78.0 Å². The Balaban J connectivity index is 1.39. The Morgan fingerprint density at radius 2 is 1.76 bits per heavy atom. The van der Waals surface area contributed by atoms with E-state index < -0.39 is 5.41 Å². The molecule has 1 N–H and O–H groups in total. The van der Waals surface area contributed by atoms with E-state index in [-0.39, 0.29) is 11.9 Å². The van der Waals surface area contributed by atoms with Crippen LogP contribution in [0.5, 0.6) is 0 Å². The van der Waals surface area contributed by atoms with Gasteiger partial charge >= 0.3 is 0 Å². The van der Waals surface area contributed by atoms with Gasteiger partial charge in [0, 0.05) is 18.1 Å². The van der Waals surface area contributed by atoms with Gasteiger partial charge in [-0.05, 0) is 62.0 Å². The minimum atomic E-state index is -0.422. The normalized spacial score (nSPS) is 19.2. The fourth-order valence-electron chi connectivity index (χ4n) is 4.54. The number of benzene rings is 2. The molecule has 2 heterocycles. The lowest BCUT2D eigenvalue weighted by Gasteiger charge is -2.27. The van der Waals surface area contributed by atoms with Gasteiger partial charge in [0.1, 0.15) is 0 Å². The summed E-state index contributed by atoms with van der Waals surface area (Å²) in [6, 6.07) is 20.7. The van der Waals surface area contributed by atoms with Crippen LogP contribution in [-0.2, 0) is 10.2 Å². The van der Waals surface area contributed by atoms with Crippen molar-refractivity contribution in [1.82, 2.24) is 15.2 Å². The second-order valence-electron chi connectivity index (χ2n) is 8.44. The molecule has 29 heavy (non-hydrogen) atoms. The first-order chi connectivity index (χ1) is 14.2. The zero-order valence-electron chi connectivity index (χ0n) is 16.7. The van der Waals surface area contributed by atoms with Crippen LogP contribution in [0.2, 0.25) is 0 Å². The average Bonchev–Trinajstić information content (AvgIpc) is 3.43. The number of nitrogens with one attached hydrogen (secondary N) is 1. The van der Waals surface area contributed by atoms with Crippen LogP contribution in [0.4, 0.5) is 0 Å². The summed E-state index contributed by atoms with van der Waals surface area (Å²) >= 11 is 0. The molecule has 2 fully saturated rings. The van der Waals surface area contributed by atoms with E-state index in [1.165, 1.54) is 18.4 Å². The highest BCUT2D eigenvalue weighted by Crippen LogP contribution is 2.49. The Bertz CT molecular complexity index is 1010. The van der Waals surface area contributed by atoms with E-state index >= 15 is 0 Å². The van der Waals surface area contributed by atoms with Crippen molar-refractivity contribution in [2.45, 2.75) is 37.1 Å². The van der Waals surface area contributed by atoms with E-state index in [4.69, 9.17) is 0 Å². The first-order valence-corrected chi connectivity index (χ1v) is 10.7. The maximum Gasteiger partial charge on any atom is 0.231 e. The first kappa shape index (κ1) is 18.3. The molecule has 0 unspecified atom stereocenters. The van der Waals surface area contributed by atoms with E-state index in [2.05, 4.69) is 51.6 Å². The summed E-state index contributed by atoms with van der Waals surface area (Å²) in [7, 11) is 0. The molecular weight excluding hydrogens is 358 g/mol. The van der Waals surface area contributed by atoms with Gasteiger partial charge in [0.25, 0.3) is 0 Å². The van der Waals surface area contributed by atoms with Crippen LogP contribution in [0.15, 0.2) is 66.9 Å². The van der Waals surface area contributed by atoms with Gasteiger partial charge in [-0.25, -0.2) is 0 Å². The number of amides is 1. The van der Waals surface area contributed by atoms with Crippen molar-refractivity contribution in [2.24, 2.45) is 0 Å². The third-order valence-corrected chi connectivity index (χ3v) is 6.47. The molecule has 1 amide bonds. The van der Waals surface area contributed by atoms with Crippen LogP contribution in [0.3, 0.4) is 0 Å². The summed E-state index contributed by atoms with van der Waals surface area (Å²) in [6.45, 7) is 3.12. The Hall–Kier alpha value is -2.72. The molecule has 1 saturated heterocycles. The first-order valence-electron chi connectivity index (χ1n) is 10.7. The molecule has 1 atom stereocenters. The standard InChI is InChI=1S/C25H27N3O/c29-24(25(12-13-25)21-16-20-10-4-5-11-22(20)26-17-21)27-23(18-28-14-6-7-15-28)19-8-2-1-3-9-19/h1-5,8-11,16-17,23H,6-7,12-15,18H2,(H,27,29)/t23-/m1/s1. The highest BCUT2D eigenvalue weighted by molar-refractivity contribution is 5.93. The number of nitrogens with zero attached hydrogens (tertiary/aromatic N) is 2. The summed E-state index contributed by atoms with van der Waals surface area (Å²) in [5, 5.41) is 4.50. The highest BCUT2D eigenvalue weighted by atomic mass is 16.2. The molecule has 0 bridgehead atoms. The molecule has 5 rings (SSSR count). The molecule has 0 spiro atoms. The third-order valence-electron chi connectivity index (χ3n) is 6.47. The lowest BCUT2D eigenvalue weighted by molar-refractivity contribution is -0.124. The van der Waals surface area contributed by atoms with Crippen LogP contribution < -0.4 is 5.32 Å². The Morgan fingerprint density at radius 1 is 1.03 bits per heavy atom. The maximum atomic E-state index is 13.5. The van der Waals surface area contributed by atoms with Crippen LogP contribution >= 0.6 is 0 Å². The number of aromatic nitrogens is 1. The van der Waals surface area contributed by atoms with Crippen molar-refractivity contribution >= 4 is 16.8 Å². The van der Waals surface area contributed by atoms with Crippen LogP contribution in [-0.4, -0.2) is 35.4 Å². The van der Waals surface area contributed by atoms with Gasteiger partial charge in [-0.2, -0.15) is 0 Å². The van der Waals surface area contributed by atoms with Crippen LogP contribution in [0.25, 0.3) is 10.9 Å². The fraction of sp³-hybridized carbons (Fsp3) is 0.360. The Morgan fingerprint density at radius 3 is 2.52 bits per heavy atom. The van der Waals surface area contributed by atoms with Gasteiger partial charge in [-0.15, -0.1) is 0 Å². The molecule has 4 nitrogen and oxygen atoms in total. The van der Waals surface area contributed by atoms with Crippen LogP contribution in [0.1, 0.15) is 42.9 Å². The zero-order chi connectivity index (χ0) is 19.7. The van der Waals surface area contributed by atoms with Gasteiger partial charge in [0.2, 0.25) is 5.91 Å². The summed E-state index contributed by atoms with van der Waals surface area (Å²) in [4.78, 5) is 20.5. The molecule has 148 valence electrons. The Labute approximate surface area is 171 Å². The Kier molecular flexibility index (Phi) is 4.80. The van der Waals surface area contributed by atoms with Gasteiger partial charge in [0.05, 0.1) is 17.0 Å². The average molecular weight is 386 g/mol. The van der Waals surface area contributed by atoms with E-state index in [0.29, 0.717) is 0 Å². The SMILES string of the molecule is O=C(N[C@H](CN1CCCC1)c1ccccc1)C1(c2cnc3ccccc3c2)CC1. The predicted octanol–water partition coefficient (Wildman–Crippen LogP) is 4.22. The summed E-state index contributed by atoms with van der Waals surface area (Å²) in [5.41, 5.74) is 2.78. The summed E-state index contributed by atoms with van der Waals surface area (Å²) in [6.07, 6.45) is 6.19. The number of fused-ring (bicyclic) bond motifs is 1. The summed E-state index contributed by atoms with van der Waals surface area (Å²) < 4.78 is 0. The van der Waals surface area contributed by atoms with E-state index in [9.17, 15) is 4.79 Å². The minimum Gasteiger partial charge on any atom is -0.347 e. The topological polar surface area (TPSA) is 45.2 Å². The maximum absolute atomic E-state index is 13.5. The van der Waals surface area contributed by atoms with Gasteiger partial charge < -0.3 is 10.2 Å². The van der Waals surface area contributed by atoms with E-state index in [1.807, 2.05) is 30.5 Å². The van der Waals surface area contributed by atoms with E-state index in [1.54, 1.807) is 0 Å². The highest BCUT2D eigenvalue weighted by Gasteiger charge is 2.52. The molecule has 2 aliphatic rings. The largest absolute Gasteiger partial charge is 0.347 e. The molecule has 0 radical (unpaired) electrons. The van der Waals surface area contributed by atoms with Gasteiger partial charge in [-0.3, -0.25) is 9.78 Å². The molecule has 1 aromatic heterocycles. The van der Waals surface area contributed by atoms with Crippen molar-refractivity contribution in [3.63, 3.8) is 0 Å². The molecule has 3 aromatic rings. The second-order valence-corrected chi connectivity index (χ2v) is 8.44. The fourth-order valence-corrected chi connectivity index (χ4v) is 4.54. The lowest BCUT2D eigenvalue weighted by atomic mass is 9.94. The molecule has 4 heteroatoms. The lowest BCUT2D eigenvalue weighted by Crippen LogP contribution is -2.41. The predicted molar refractivity (Wildman–Crippen MR) is 116 cm³/mol. The third kappa shape index (κ3) is 3.65. The van der Waals surface area contributed by atoms with Crippen molar-refractivity contribution < 1.29 is 4.79 Å². The molecular formula is C25H27N3O. The number of rotatable bonds is 6. The second kappa shape index (κ2) is 7.60. The van der Waals surface area contributed by atoms with Gasteiger partial charge in [-0.1, -0.05) is 48.5 Å². The smallest absolute Gasteiger partial charge is 0.231 e. The van der Waals surface area contributed by atoms with Crippen molar-refractivity contribution in [3.8, 4) is 0 Å². The quantitative estimate of drug-likeness (QED) is 0.691. The number of carbonyl (C=O) groups excluding carboxylic acids is 1. The molecule has 1 saturated carbocycles. The number of likely N-dealkylation sites (tertiary alicyclic amines) is 1. The summed E-state index contributed by atoms with van der Waals surface area (Å²) in [5.74, 6) is 0.141. The number of carbonyl (C=O) groups is 1. The van der Waals surface area contributed by atoms with E-state index in [0.717, 1.165) is 48.9 Å². The molecule has 1 aliphatic heterocycles. The molecule has 2 aromatic carbocycles. The van der Waals surface area contributed by atoms with Crippen molar-refractivity contribution in [1.29, 1.82) is 0 Å². The van der Waals surface area contributed by atoms with Crippen LogP contribution in [0, 0.1) is 0 Å². The monoisotopic (exact) mass is 385 g/mol. The number of hydrogen-bond donors (Lipinski definition) is 1.